The van der Waals surface area contributed by atoms with Crippen LogP contribution in [-0.2, 0) is 7.05 Å². The average molecular weight is 227 g/mol. The summed E-state index contributed by atoms with van der Waals surface area (Å²) >= 11 is 0. The Labute approximate surface area is 98.5 Å². The standard InChI is InChI=1S/C12H13N5/c1-8-15-11-5-9(13)3-4-12(11)17(8)10-6-14-16(2)7-10/h3-7H,13H2,1-2H3. The largest absolute Gasteiger partial charge is 0.399 e. The van der Waals surface area contributed by atoms with Crippen LogP contribution in [0.5, 0.6) is 0 Å². The molecule has 0 bridgehead atoms. The Hall–Kier alpha value is -2.30. The summed E-state index contributed by atoms with van der Waals surface area (Å²) in [5.74, 6) is 0.929. The number of benzene rings is 1. The van der Waals surface area contributed by atoms with Gasteiger partial charge in [0.1, 0.15) is 5.82 Å². The molecule has 0 radical (unpaired) electrons. The highest BCUT2D eigenvalue weighted by Crippen LogP contribution is 2.22. The first-order chi connectivity index (χ1) is 8.15. The fourth-order valence-electron chi connectivity index (χ4n) is 2.07. The third-order valence-electron chi connectivity index (χ3n) is 2.80. The molecule has 0 spiro atoms. The van der Waals surface area contributed by atoms with E-state index in [9.17, 15) is 0 Å². The average Bonchev–Trinajstić information content (AvgIpc) is 2.80. The molecule has 3 aromatic rings. The summed E-state index contributed by atoms with van der Waals surface area (Å²) in [5.41, 5.74) is 9.46. The summed E-state index contributed by atoms with van der Waals surface area (Å²) in [6.45, 7) is 1.98. The maximum Gasteiger partial charge on any atom is 0.111 e. The molecule has 2 heterocycles. The summed E-state index contributed by atoms with van der Waals surface area (Å²) in [4.78, 5) is 4.51. The van der Waals surface area contributed by atoms with Gasteiger partial charge in [-0.05, 0) is 25.1 Å². The van der Waals surface area contributed by atoms with E-state index in [-0.39, 0.29) is 0 Å². The number of aromatic nitrogens is 4. The van der Waals surface area contributed by atoms with Crippen LogP contribution in [0.4, 0.5) is 5.69 Å². The molecule has 0 atom stereocenters. The predicted octanol–water partition coefficient (Wildman–Crippen LogP) is 1.65. The number of hydrogen-bond acceptors (Lipinski definition) is 3. The number of nitrogen functional groups attached to an aromatic ring is 1. The van der Waals surface area contributed by atoms with Crippen LogP contribution in [0.3, 0.4) is 0 Å². The van der Waals surface area contributed by atoms with Crippen molar-refractivity contribution < 1.29 is 0 Å². The van der Waals surface area contributed by atoms with Crippen LogP contribution in [0.2, 0.25) is 0 Å². The number of nitrogens with zero attached hydrogens (tertiary/aromatic N) is 4. The van der Waals surface area contributed by atoms with Gasteiger partial charge in [-0.3, -0.25) is 9.25 Å². The summed E-state index contributed by atoms with van der Waals surface area (Å²) < 4.78 is 3.85. The second-order valence-electron chi connectivity index (χ2n) is 4.11. The van der Waals surface area contributed by atoms with Crippen molar-refractivity contribution in [1.82, 2.24) is 19.3 Å². The van der Waals surface area contributed by atoms with E-state index < -0.39 is 0 Å². The Morgan fingerprint density at radius 2 is 2.12 bits per heavy atom. The first kappa shape index (κ1) is 9.89. The molecule has 3 rings (SSSR count). The molecule has 0 amide bonds. The topological polar surface area (TPSA) is 61.7 Å². The molecule has 0 fully saturated rings. The Morgan fingerprint density at radius 3 is 2.82 bits per heavy atom. The molecule has 5 nitrogen and oxygen atoms in total. The molecule has 0 aliphatic heterocycles. The maximum atomic E-state index is 5.76. The van der Waals surface area contributed by atoms with Crippen LogP contribution in [-0.4, -0.2) is 19.3 Å². The smallest absolute Gasteiger partial charge is 0.111 e. The molecular formula is C12H13N5. The van der Waals surface area contributed by atoms with E-state index in [1.807, 2.05) is 44.6 Å². The minimum atomic E-state index is 0.730. The van der Waals surface area contributed by atoms with Crippen molar-refractivity contribution in [2.24, 2.45) is 7.05 Å². The molecule has 0 saturated carbocycles. The van der Waals surface area contributed by atoms with Crippen LogP contribution < -0.4 is 5.73 Å². The molecule has 86 valence electrons. The van der Waals surface area contributed by atoms with Gasteiger partial charge >= 0.3 is 0 Å². The summed E-state index contributed by atoms with van der Waals surface area (Å²) in [6, 6.07) is 5.75. The molecule has 0 saturated heterocycles. The highest BCUT2D eigenvalue weighted by atomic mass is 15.3. The predicted molar refractivity (Wildman–Crippen MR) is 67.0 cm³/mol. The number of hydrogen-bond donors (Lipinski definition) is 1. The van der Waals surface area contributed by atoms with Crippen LogP contribution in [0.25, 0.3) is 16.7 Å². The lowest BCUT2D eigenvalue weighted by Gasteiger charge is -2.02. The van der Waals surface area contributed by atoms with Crippen molar-refractivity contribution >= 4 is 16.7 Å². The molecule has 0 aliphatic rings. The number of imidazole rings is 1. The lowest BCUT2D eigenvalue weighted by Crippen LogP contribution is -1.95. The van der Waals surface area contributed by atoms with Crippen LogP contribution in [0.1, 0.15) is 5.82 Å². The van der Waals surface area contributed by atoms with Crippen LogP contribution in [0, 0.1) is 6.92 Å². The SMILES string of the molecule is Cc1nc2cc(N)ccc2n1-c1cnn(C)c1. The van der Waals surface area contributed by atoms with Gasteiger partial charge < -0.3 is 5.73 Å². The van der Waals surface area contributed by atoms with Gasteiger partial charge in [0.25, 0.3) is 0 Å². The van der Waals surface area contributed by atoms with E-state index in [0.29, 0.717) is 0 Å². The van der Waals surface area contributed by atoms with Gasteiger partial charge in [0.15, 0.2) is 0 Å². The molecule has 17 heavy (non-hydrogen) atoms. The van der Waals surface area contributed by atoms with E-state index in [4.69, 9.17) is 5.73 Å². The first-order valence-corrected chi connectivity index (χ1v) is 5.39. The number of aryl methyl sites for hydroxylation is 2. The Morgan fingerprint density at radius 1 is 1.29 bits per heavy atom. The van der Waals surface area contributed by atoms with Gasteiger partial charge in [-0.15, -0.1) is 0 Å². The quantitative estimate of drug-likeness (QED) is 0.643. The summed E-state index contributed by atoms with van der Waals surface area (Å²) in [5, 5.41) is 4.18. The zero-order valence-corrected chi connectivity index (χ0v) is 9.75. The highest BCUT2D eigenvalue weighted by molar-refractivity contribution is 5.81. The number of rotatable bonds is 1. The Kier molecular flexibility index (Phi) is 1.95. The summed E-state index contributed by atoms with van der Waals surface area (Å²) in [7, 11) is 1.90. The van der Waals surface area contributed by atoms with Gasteiger partial charge in [-0.2, -0.15) is 5.10 Å². The normalized spacial score (nSPS) is 11.2. The number of fused-ring (bicyclic) bond motifs is 1. The van der Waals surface area contributed by atoms with Crippen molar-refractivity contribution in [3.05, 3.63) is 36.4 Å². The maximum absolute atomic E-state index is 5.76. The van der Waals surface area contributed by atoms with Crippen LogP contribution in [0.15, 0.2) is 30.6 Å². The van der Waals surface area contributed by atoms with Gasteiger partial charge in [0.2, 0.25) is 0 Å². The minimum absolute atomic E-state index is 0.730. The molecule has 2 N–H and O–H groups in total. The lowest BCUT2D eigenvalue weighted by molar-refractivity contribution is 0.767. The van der Waals surface area contributed by atoms with Crippen molar-refractivity contribution in [1.29, 1.82) is 0 Å². The van der Waals surface area contributed by atoms with Gasteiger partial charge in [0, 0.05) is 18.9 Å². The van der Waals surface area contributed by atoms with Gasteiger partial charge in [-0.25, -0.2) is 4.98 Å². The molecule has 0 unspecified atom stereocenters. The highest BCUT2D eigenvalue weighted by Gasteiger charge is 2.10. The first-order valence-electron chi connectivity index (χ1n) is 5.39. The molecular weight excluding hydrogens is 214 g/mol. The van der Waals surface area contributed by atoms with Crippen molar-refractivity contribution in [3.8, 4) is 5.69 Å². The molecule has 2 aromatic heterocycles. The molecule has 5 heteroatoms. The van der Waals surface area contributed by atoms with E-state index in [1.165, 1.54) is 0 Å². The van der Waals surface area contributed by atoms with Crippen LogP contribution >= 0.6 is 0 Å². The van der Waals surface area contributed by atoms with E-state index in [2.05, 4.69) is 14.6 Å². The van der Waals surface area contributed by atoms with Gasteiger partial charge in [-0.1, -0.05) is 0 Å². The summed E-state index contributed by atoms with van der Waals surface area (Å²) in [6.07, 6.45) is 3.79. The van der Waals surface area contributed by atoms with E-state index >= 15 is 0 Å². The second-order valence-corrected chi connectivity index (χ2v) is 4.11. The Bertz CT molecular complexity index is 692. The third kappa shape index (κ3) is 1.47. The van der Waals surface area contributed by atoms with Crippen molar-refractivity contribution in [2.75, 3.05) is 5.73 Å². The lowest BCUT2D eigenvalue weighted by atomic mass is 10.3. The minimum Gasteiger partial charge on any atom is -0.399 e. The molecule has 0 aliphatic carbocycles. The van der Waals surface area contributed by atoms with Crippen molar-refractivity contribution in [3.63, 3.8) is 0 Å². The van der Waals surface area contributed by atoms with E-state index in [1.54, 1.807) is 4.68 Å². The van der Waals surface area contributed by atoms with Gasteiger partial charge in [0.05, 0.1) is 22.9 Å². The zero-order chi connectivity index (χ0) is 12.0. The monoisotopic (exact) mass is 227 g/mol. The number of anilines is 1. The second kappa shape index (κ2) is 3.35. The fraction of sp³-hybridized carbons (Fsp3) is 0.167. The fourth-order valence-corrected chi connectivity index (χ4v) is 2.07. The number of nitrogens with two attached hydrogens (primary N) is 1. The van der Waals surface area contributed by atoms with Crippen molar-refractivity contribution in [2.45, 2.75) is 6.92 Å². The zero-order valence-electron chi connectivity index (χ0n) is 9.75. The Balaban J connectivity index is 2.32. The van der Waals surface area contributed by atoms with E-state index in [0.717, 1.165) is 28.2 Å². The third-order valence-corrected chi connectivity index (χ3v) is 2.80. The molecule has 1 aromatic carbocycles.